The van der Waals surface area contributed by atoms with Crippen molar-refractivity contribution in [3.05, 3.63) is 65.7 Å². The lowest BCUT2D eigenvalue weighted by molar-refractivity contribution is -0.0404. The quantitative estimate of drug-likeness (QED) is 0.797. The van der Waals surface area contributed by atoms with Gasteiger partial charge in [0.15, 0.2) is 0 Å². The highest BCUT2D eigenvalue weighted by atomic mass is 35.5. The van der Waals surface area contributed by atoms with Gasteiger partial charge in [0.25, 0.3) is 0 Å². The van der Waals surface area contributed by atoms with E-state index in [1.165, 1.54) is 11.1 Å². The summed E-state index contributed by atoms with van der Waals surface area (Å²) in [4.78, 5) is 2.29. The fourth-order valence-electron chi connectivity index (χ4n) is 2.93. The van der Waals surface area contributed by atoms with E-state index in [1.54, 1.807) is 0 Å². The molecule has 0 aromatic heterocycles. The Kier molecular flexibility index (Phi) is 7.57. The van der Waals surface area contributed by atoms with E-state index in [4.69, 9.17) is 9.47 Å². The molecule has 3 rings (SSSR count). The number of benzene rings is 2. The minimum atomic E-state index is 0. The Morgan fingerprint density at radius 3 is 2.58 bits per heavy atom. The first-order chi connectivity index (χ1) is 11.3. The standard InChI is InChI=1S/C20H25NO2.ClH/c1-21-13-14-22-19(15-21)16-23-20-10-6-5-9-18(20)12-11-17-7-3-2-4-8-17;/h2-10,19H,11-16H2,1H3;1H/t19-;/m0./s1. The molecule has 0 spiro atoms. The maximum atomic E-state index is 6.06. The van der Waals surface area contributed by atoms with Crippen molar-refractivity contribution in [2.75, 3.05) is 33.4 Å². The van der Waals surface area contributed by atoms with Crippen LogP contribution < -0.4 is 4.74 Å². The molecule has 0 bridgehead atoms. The number of para-hydroxylation sites is 1. The van der Waals surface area contributed by atoms with Crippen LogP contribution in [0.3, 0.4) is 0 Å². The Morgan fingerprint density at radius 2 is 1.79 bits per heavy atom. The molecule has 2 aromatic rings. The second kappa shape index (κ2) is 9.67. The summed E-state index contributed by atoms with van der Waals surface area (Å²) in [6.07, 6.45) is 2.19. The van der Waals surface area contributed by atoms with Crippen molar-refractivity contribution in [3.8, 4) is 5.75 Å². The molecule has 0 saturated carbocycles. The molecule has 0 radical (unpaired) electrons. The van der Waals surface area contributed by atoms with E-state index in [-0.39, 0.29) is 18.5 Å². The molecule has 0 aliphatic carbocycles. The largest absolute Gasteiger partial charge is 0.491 e. The summed E-state index contributed by atoms with van der Waals surface area (Å²) in [5, 5.41) is 0. The van der Waals surface area contributed by atoms with E-state index in [9.17, 15) is 0 Å². The molecular weight excluding hydrogens is 322 g/mol. The maximum Gasteiger partial charge on any atom is 0.122 e. The monoisotopic (exact) mass is 347 g/mol. The molecule has 1 aliphatic rings. The molecule has 2 aromatic carbocycles. The number of aryl methyl sites for hydroxylation is 2. The normalized spacial score (nSPS) is 18.0. The van der Waals surface area contributed by atoms with Crippen LogP contribution >= 0.6 is 12.4 Å². The lowest BCUT2D eigenvalue weighted by Gasteiger charge is -2.30. The van der Waals surface area contributed by atoms with Gasteiger partial charge in [-0.25, -0.2) is 0 Å². The topological polar surface area (TPSA) is 21.7 Å². The molecule has 0 N–H and O–H groups in total. The first-order valence-electron chi connectivity index (χ1n) is 8.36. The van der Waals surface area contributed by atoms with E-state index >= 15 is 0 Å². The third kappa shape index (κ3) is 5.52. The molecule has 130 valence electrons. The van der Waals surface area contributed by atoms with Gasteiger partial charge in [0, 0.05) is 13.1 Å². The second-order valence-electron chi connectivity index (χ2n) is 6.16. The van der Waals surface area contributed by atoms with Crippen molar-refractivity contribution in [1.82, 2.24) is 4.90 Å². The predicted octanol–water partition coefficient (Wildman–Crippen LogP) is 3.60. The Bertz CT molecular complexity index is 606. The molecule has 1 fully saturated rings. The van der Waals surface area contributed by atoms with Gasteiger partial charge < -0.3 is 14.4 Å². The van der Waals surface area contributed by atoms with Crippen molar-refractivity contribution in [2.45, 2.75) is 18.9 Å². The lowest BCUT2D eigenvalue weighted by Crippen LogP contribution is -2.42. The van der Waals surface area contributed by atoms with Crippen molar-refractivity contribution in [2.24, 2.45) is 0 Å². The summed E-state index contributed by atoms with van der Waals surface area (Å²) >= 11 is 0. The van der Waals surface area contributed by atoms with Crippen LogP contribution in [0.15, 0.2) is 54.6 Å². The van der Waals surface area contributed by atoms with Gasteiger partial charge in [-0.05, 0) is 37.1 Å². The number of morpholine rings is 1. The Morgan fingerprint density at radius 1 is 1.04 bits per heavy atom. The molecule has 1 atom stereocenters. The number of rotatable bonds is 6. The summed E-state index contributed by atoms with van der Waals surface area (Å²) in [5.41, 5.74) is 2.63. The van der Waals surface area contributed by atoms with Crippen molar-refractivity contribution < 1.29 is 9.47 Å². The zero-order valence-corrected chi connectivity index (χ0v) is 15.0. The van der Waals surface area contributed by atoms with Crippen LogP contribution in [-0.2, 0) is 17.6 Å². The van der Waals surface area contributed by atoms with Gasteiger partial charge in [-0.3, -0.25) is 0 Å². The zero-order valence-electron chi connectivity index (χ0n) is 14.2. The summed E-state index contributed by atoms with van der Waals surface area (Å²) < 4.78 is 11.8. The van der Waals surface area contributed by atoms with Gasteiger partial charge in [-0.15, -0.1) is 12.4 Å². The first kappa shape index (κ1) is 18.8. The maximum absolute atomic E-state index is 6.06. The van der Waals surface area contributed by atoms with Crippen molar-refractivity contribution in [1.29, 1.82) is 0 Å². The molecule has 4 heteroatoms. The van der Waals surface area contributed by atoms with Crippen LogP contribution in [-0.4, -0.2) is 44.4 Å². The molecule has 1 heterocycles. The van der Waals surface area contributed by atoms with Gasteiger partial charge in [-0.2, -0.15) is 0 Å². The molecule has 1 aliphatic heterocycles. The first-order valence-corrected chi connectivity index (χ1v) is 8.36. The van der Waals surface area contributed by atoms with Crippen molar-refractivity contribution in [3.63, 3.8) is 0 Å². The Labute approximate surface area is 151 Å². The van der Waals surface area contributed by atoms with Gasteiger partial charge in [0.05, 0.1) is 6.61 Å². The Hall–Kier alpha value is -1.55. The van der Waals surface area contributed by atoms with Crippen LogP contribution in [0.25, 0.3) is 0 Å². The van der Waals surface area contributed by atoms with Crippen molar-refractivity contribution >= 4 is 12.4 Å². The van der Waals surface area contributed by atoms with E-state index in [0.29, 0.717) is 6.61 Å². The summed E-state index contributed by atoms with van der Waals surface area (Å²) in [7, 11) is 2.13. The highest BCUT2D eigenvalue weighted by molar-refractivity contribution is 5.85. The molecular formula is C20H26ClNO2. The number of halogens is 1. The average Bonchev–Trinajstić information content (AvgIpc) is 2.60. The van der Waals surface area contributed by atoms with Gasteiger partial charge in [-0.1, -0.05) is 48.5 Å². The number of likely N-dealkylation sites (N-methyl/N-ethyl adjacent to an activating group) is 1. The number of nitrogens with zero attached hydrogens (tertiary/aromatic N) is 1. The van der Waals surface area contributed by atoms with Crippen LogP contribution in [0.2, 0.25) is 0 Å². The van der Waals surface area contributed by atoms with E-state index in [1.807, 2.05) is 6.07 Å². The van der Waals surface area contributed by atoms with Gasteiger partial charge in [0.1, 0.15) is 18.5 Å². The van der Waals surface area contributed by atoms with Crippen LogP contribution in [0.4, 0.5) is 0 Å². The minimum absolute atomic E-state index is 0. The van der Waals surface area contributed by atoms with Crippen LogP contribution in [0.1, 0.15) is 11.1 Å². The zero-order chi connectivity index (χ0) is 15.9. The molecule has 0 amide bonds. The van der Waals surface area contributed by atoms with E-state index in [0.717, 1.165) is 38.3 Å². The summed E-state index contributed by atoms with van der Waals surface area (Å²) in [5.74, 6) is 0.986. The molecule has 3 nitrogen and oxygen atoms in total. The number of hydrogen-bond donors (Lipinski definition) is 0. The summed E-state index contributed by atoms with van der Waals surface area (Å²) in [6.45, 7) is 3.35. The fourth-order valence-corrected chi connectivity index (χ4v) is 2.93. The number of hydrogen-bond acceptors (Lipinski definition) is 3. The highest BCUT2D eigenvalue weighted by Gasteiger charge is 2.18. The van der Waals surface area contributed by atoms with E-state index < -0.39 is 0 Å². The van der Waals surface area contributed by atoms with Crippen LogP contribution in [0.5, 0.6) is 5.75 Å². The Balaban J connectivity index is 0.00000208. The molecule has 24 heavy (non-hydrogen) atoms. The average molecular weight is 348 g/mol. The number of ether oxygens (including phenoxy) is 2. The SMILES string of the molecule is CN1CCO[C@H](COc2ccccc2CCc2ccccc2)C1.Cl. The highest BCUT2D eigenvalue weighted by Crippen LogP contribution is 2.21. The summed E-state index contributed by atoms with van der Waals surface area (Å²) in [6, 6.07) is 18.9. The smallest absolute Gasteiger partial charge is 0.122 e. The molecule has 0 unspecified atom stereocenters. The minimum Gasteiger partial charge on any atom is -0.491 e. The third-order valence-corrected chi connectivity index (χ3v) is 4.27. The predicted molar refractivity (Wildman–Crippen MR) is 100 cm³/mol. The third-order valence-electron chi connectivity index (χ3n) is 4.27. The van der Waals surface area contributed by atoms with Crippen LogP contribution in [0, 0.1) is 0 Å². The second-order valence-corrected chi connectivity index (χ2v) is 6.16. The van der Waals surface area contributed by atoms with E-state index in [2.05, 4.69) is 60.5 Å². The fraction of sp³-hybridized carbons (Fsp3) is 0.400. The van der Waals surface area contributed by atoms with Gasteiger partial charge in [0.2, 0.25) is 0 Å². The lowest BCUT2D eigenvalue weighted by atomic mass is 10.0. The van der Waals surface area contributed by atoms with Gasteiger partial charge >= 0.3 is 0 Å². The molecule has 1 saturated heterocycles.